The number of nitrogens with one attached hydrogen (secondary N) is 2. The van der Waals surface area contributed by atoms with Crippen molar-refractivity contribution in [2.45, 2.75) is 26.1 Å². The lowest BCUT2D eigenvalue weighted by Crippen LogP contribution is -2.41. The number of nitrogens with zero attached hydrogens (tertiary/aromatic N) is 1. The summed E-state index contributed by atoms with van der Waals surface area (Å²) in [7, 11) is 0. The number of halogens is 3. The number of alkyl halides is 3. The van der Waals surface area contributed by atoms with Gasteiger partial charge >= 0.3 is 6.18 Å². The summed E-state index contributed by atoms with van der Waals surface area (Å²) < 4.78 is 39.1. The van der Waals surface area contributed by atoms with E-state index in [2.05, 4.69) is 10.6 Å². The van der Waals surface area contributed by atoms with E-state index >= 15 is 0 Å². The molecule has 0 radical (unpaired) electrons. The zero-order chi connectivity index (χ0) is 21.4. The van der Waals surface area contributed by atoms with E-state index < -0.39 is 17.6 Å². The zero-order valence-corrected chi connectivity index (χ0v) is 16.3. The average molecular weight is 407 g/mol. The summed E-state index contributed by atoms with van der Waals surface area (Å²) >= 11 is 0. The second kappa shape index (κ2) is 10.1. The van der Waals surface area contributed by atoms with Crippen LogP contribution < -0.4 is 10.6 Å². The number of benzene rings is 2. The lowest BCUT2D eigenvalue weighted by Gasteiger charge is -2.22. The molecule has 2 N–H and O–H groups in total. The minimum atomic E-state index is -4.57. The highest BCUT2D eigenvalue weighted by atomic mass is 19.4. The predicted octanol–water partition coefficient (Wildman–Crippen LogP) is 3.84. The van der Waals surface area contributed by atoms with Crippen molar-refractivity contribution in [3.8, 4) is 0 Å². The van der Waals surface area contributed by atoms with Crippen LogP contribution in [0.2, 0.25) is 0 Å². The fourth-order valence-corrected chi connectivity index (χ4v) is 2.83. The summed E-state index contributed by atoms with van der Waals surface area (Å²) in [5.74, 6) is -0.890. The molecule has 2 rings (SSSR count). The smallest absolute Gasteiger partial charge is 0.348 e. The normalized spacial score (nSPS) is 12.5. The summed E-state index contributed by atoms with van der Waals surface area (Å²) in [4.78, 5) is 26.1. The molecule has 0 aliphatic rings. The van der Waals surface area contributed by atoms with Crippen molar-refractivity contribution in [1.29, 1.82) is 0 Å². The van der Waals surface area contributed by atoms with E-state index in [0.717, 1.165) is 11.6 Å². The molecule has 5 nitrogen and oxygen atoms in total. The Hall–Kier alpha value is -2.87. The van der Waals surface area contributed by atoms with Crippen molar-refractivity contribution in [3.63, 3.8) is 0 Å². The van der Waals surface area contributed by atoms with Gasteiger partial charge in [-0.3, -0.25) is 14.5 Å². The largest absolute Gasteiger partial charge is 0.418 e. The molecular formula is C21H24F3N3O2. The molecule has 0 spiro atoms. The molecule has 0 aliphatic carbocycles. The Morgan fingerprint density at radius 2 is 1.55 bits per heavy atom. The Morgan fingerprint density at radius 1 is 0.966 bits per heavy atom. The quantitative estimate of drug-likeness (QED) is 0.699. The molecule has 29 heavy (non-hydrogen) atoms. The van der Waals surface area contributed by atoms with Crippen molar-refractivity contribution in [1.82, 2.24) is 10.2 Å². The summed E-state index contributed by atoms with van der Waals surface area (Å²) in [5, 5.41) is 5.14. The first kappa shape index (κ1) is 22.4. The van der Waals surface area contributed by atoms with Crippen LogP contribution in [0.1, 0.15) is 31.0 Å². The molecule has 0 saturated heterocycles. The maximum Gasteiger partial charge on any atom is 0.418 e. The first-order valence-corrected chi connectivity index (χ1v) is 9.23. The number of rotatable bonds is 8. The van der Waals surface area contributed by atoms with Gasteiger partial charge in [0.05, 0.1) is 30.4 Å². The van der Waals surface area contributed by atoms with E-state index in [0.29, 0.717) is 6.54 Å². The van der Waals surface area contributed by atoms with Crippen LogP contribution in [0.25, 0.3) is 0 Å². The number of likely N-dealkylation sites (N-methyl/N-ethyl adjacent to an activating group) is 1. The van der Waals surface area contributed by atoms with Gasteiger partial charge in [-0.1, -0.05) is 49.4 Å². The van der Waals surface area contributed by atoms with Crippen LogP contribution in [-0.2, 0) is 15.8 Å². The van der Waals surface area contributed by atoms with Crippen LogP contribution in [0.15, 0.2) is 54.6 Å². The van der Waals surface area contributed by atoms with Gasteiger partial charge < -0.3 is 10.6 Å². The first-order chi connectivity index (χ1) is 13.7. The van der Waals surface area contributed by atoms with Gasteiger partial charge in [0.1, 0.15) is 0 Å². The van der Waals surface area contributed by atoms with E-state index in [4.69, 9.17) is 0 Å². The molecule has 0 saturated carbocycles. The molecule has 8 heteroatoms. The van der Waals surface area contributed by atoms with E-state index in [1.54, 1.807) is 11.8 Å². The van der Waals surface area contributed by atoms with Gasteiger partial charge in [-0.15, -0.1) is 0 Å². The van der Waals surface area contributed by atoms with Crippen LogP contribution in [0.3, 0.4) is 0 Å². The molecule has 2 aromatic carbocycles. The molecule has 2 aromatic rings. The number of para-hydroxylation sites is 1. The molecule has 156 valence electrons. The first-order valence-electron chi connectivity index (χ1n) is 9.23. The highest BCUT2D eigenvalue weighted by Gasteiger charge is 2.33. The Labute approximate surface area is 167 Å². The predicted molar refractivity (Wildman–Crippen MR) is 105 cm³/mol. The minimum Gasteiger partial charge on any atom is -0.348 e. The molecule has 0 bridgehead atoms. The second-order valence-electron chi connectivity index (χ2n) is 6.59. The van der Waals surface area contributed by atoms with Crippen molar-refractivity contribution in [2.75, 3.05) is 25.0 Å². The summed E-state index contributed by atoms with van der Waals surface area (Å²) in [6.07, 6.45) is -4.57. The van der Waals surface area contributed by atoms with Crippen molar-refractivity contribution in [2.24, 2.45) is 0 Å². The Kier molecular flexibility index (Phi) is 7.78. The molecular weight excluding hydrogens is 383 g/mol. The fourth-order valence-electron chi connectivity index (χ4n) is 2.83. The highest BCUT2D eigenvalue weighted by molar-refractivity contribution is 5.93. The number of hydrogen-bond acceptors (Lipinski definition) is 3. The van der Waals surface area contributed by atoms with Crippen LogP contribution in [0.5, 0.6) is 0 Å². The average Bonchev–Trinajstić information content (AvgIpc) is 2.67. The number of carbonyl (C=O) groups is 2. The highest BCUT2D eigenvalue weighted by Crippen LogP contribution is 2.34. The zero-order valence-electron chi connectivity index (χ0n) is 16.3. The molecule has 1 atom stereocenters. The number of anilines is 1. The van der Waals surface area contributed by atoms with E-state index in [1.165, 1.54) is 18.2 Å². The van der Waals surface area contributed by atoms with Crippen LogP contribution in [0.4, 0.5) is 18.9 Å². The monoisotopic (exact) mass is 407 g/mol. The summed E-state index contributed by atoms with van der Waals surface area (Å²) in [6, 6.07) is 14.0. The van der Waals surface area contributed by atoms with E-state index in [1.807, 2.05) is 37.3 Å². The lowest BCUT2D eigenvalue weighted by molar-refractivity contribution is -0.137. The van der Waals surface area contributed by atoms with Gasteiger partial charge in [-0.25, -0.2) is 0 Å². The Balaban J connectivity index is 1.93. The van der Waals surface area contributed by atoms with Crippen molar-refractivity contribution < 1.29 is 22.8 Å². The summed E-state index contributed by atoms with van der Waals surface area (Å²) in [5.41, 5.74) is -0.264. The van der Waals surface area contributed by atoms with Gasteiger partial charge in [0.2, 0.25) is 11.8 Å². The Bertz CT molecular complexity index is 825. The van der Waals surface area contributed by atoms with Crippen LogP contribution >= 0.6 is 0 Å². The van der Waals surface area contributed by atoms with Gasteiger partial charge in [0.15, 0.2) is 0 Å². The minimum absolute atomic E-state index is 0.0397. The van der Waals surface area contributed by atoms with Crippen molar-refractivity contribution >= 4 is 17.5 Å². The number of hydrogen-bond donors (Lipinski definition) is 2. The topological polar surface area (TPSA) is 61.4 Å². The number of amides is 2. The number of carbonyl (C=O) groups excluding carboxylic acids is 2. The molecule has 0 aromatic heterocycles. The second-order valence-corrected chi connectivity index (χ2v) is 6.59. The van der Waals surface area contributed by atoms with Gasteiger partial charge in [0.25, 0.3) is 0 Å². The maximum absolute atomic E-state index is 13.0. The SMILES string of the molecule is CCN(CC(=O)Nc1ccccc1C(F)(F)F)CC(=O)N[C@H](C)c1ccccc1. The van der Waals surface area contributed by atoms with E-state index in [-0.39, 0.29) is 30.7 Å². The van der Waals surface area contributed by atoms with Crippen molar-refractivity contribution in [3.05, 3.63) is 65.7 Å². The third kappa shape index (κ3) is 6.90. The van der Waals surface area contributed by atoms with Gasteiger partial charge in [-0.05, 0) is 31.2 Å². The standard InChI is InChI=1S/C21H24F3N3O2/c1-3-27(13-19(28)25-15(2)16-9-5-4-6-10-16)14-20(29)26-18-12-8-7-11-17(18)21(22,23)24/h4-12,15H,3,13-14H2,1-2H3,(H,25,28)(H,26,29)/t15-/m1/s1. The van der Waals surface area contributed by atoms with Gasteiger partial charge in [-0.2, -0.15) is 13.2 Å². The van der Waals surface area contributed by atoms with Crippen LogP contribution in [0, 0.1) is 0 Å². The summed E-state index contributed by atoms with van der Waals surface area (Å²) in [6.45, 7) is 3.77. The van der Waals surface area contributed by atoms with Gasteiger partial charge in [0, 0.05) is 0 Å². The van der Waals surface area contributed by atoms with Crippen LogP contribution in [-0.4, -0.2) is 36.3 Å². The van der Waals surface area contributed by atoms with E-state index in [9.17, 15) is 22.8 Å². The molecule has 0 fully saturated rings. The molecule has 0 aliphatic heterocycles. The Morgan fingerprint density at radius 3 is 2.17 bits per heavy atom. The molecule has 2 amide bonds. The lowest BCUT2D eigenvalue weighted by atomic mass is 10.1. The third-order valence-corrected chi connectivity index (χ3v) is 4.37. The molecule has 0 heterocycles. The third-order valence-electron chi connectivity index (χ3n) is 4.37. The fraction of sp³-hybridized carbons (Fsp3) is 0.333. The maximum atomic E-state index is 13.0. The molecule has 0 unspecified atom stereocenters.